The highest BCUT2D eigenvalue weighted by Gasteiger charge is 2.29. The van der Waals surface area contributed by atoms with E-state index in [0.717, 1.165) is 18.0 Å². The largest absolute Gasteiger partial charge is 0.493 e. The van der Waals surface area contributed by atoms with E-state index < -0.39 is 18.6 Å². The SMILES string of the molecule is CNSc1cc(Nc2ncnc3cc(OC)c(OC)cc23)c(OCC(F)(F)F)cc1F. The minimum Gasteiger partial charge on any atom is -0.493 e. The normalized spacial score (nSPS) is 11.5. The minimum atomic E-state index is -4.59. The number of alkyl halides is 3. The summed E-state index contributed by atoms with van der Waals surface area (Å²) in [5.74, 6) is 0.0636. The van der Waals surface area contributed by atoms with E-state index >= 15 is 0 Å². The molecule has 0 saturated carbocycles. The van der Waals surface area contributed by atoms with E-state index in [0.29, 0.717) is 22.4 Å². The average molecular weight is 458 g/mol. The molecule has 0 aliphatic heterocycles. The molecule has 0 bridgehead atoms. The summed E-state index contributed by atoms with van der Waals surface area (Å²) in [6.07, 6.45) is -3.31. The molecule has 0 spiro atoms. The molecule has 0 fully saturated rings. The van der Waals surface area contributed by atoms with Crippen LogP contribution in [-0.2, 0) is 0 Å². The lowest BCUT2D eigenvalue weighted by Crippen LogP contribution is -2.19. The van der Waals surface area contributed by atoms with Crippen molar-refractivity contribution in [2.45, 2.75) is 11.1 Å². The maximum Gasteiger partial charge on any atom is 0.422 e. The molecular weight excluding hydrogens is 440 g/mol. The van der Waals surface area contributed by atoms with Crippen LogP contribution in [0.15, 0.2) is 35.5 Å². The van der Waals surface area contributed by atoms with Crippen molar-refractivity contribution in [3.63, 3.8) is 0 Å². The van der Waals surface area contributed by atoms with Crippen molar-refractivity contribution in [2.75, 3.05) is 33.2 Å². The van der Waals surface area contributed by atoms with Crippen molar-refractivity contribution in [1.29, 1.82) is 0 Å². The third-order valence-corrected chi connectivity index (χ3v) is 4.77. The molecule has 31 heavy (non-hydrogen) atoms. The highest BCUT2D eigenvalue weighted by Crippen LogP contribution is 2.38. The molecule has 0 aliphatic carbocycles. The Kier molecular flexibility index (Phi) is 6.91. The Hall–Kier alpha value is -2.99. The van der Waals surface area contributed by atoms with Gasteiger partial charge in [-0.1, -0.05) is 0 Å². The number of ether oxygens (including phenoxy) is 3. The zero-order chi connectivity index (χ0) is 22.6. The lowest BCUT2D eigenvalue weighted by atomic mass is 10.2. The number of nitrogens with one attached hydrogen (secondary N) is 2. The fourth-order valence-electron chi connectivity index (χ4n) is 2.71. The molecule has 3 aromatic rings. The van der Waals surface area contributed by atoms with Gasteiger partial charge in [0.1, 0.15) is 23.7 Å². The predicted octanol–water partition coefficient (Wildman–Crippen LogP) is 4.70. The summed E-state index contributed by atoms with van der Waals surface area (Å²) >= 11 is 0.962. The maximum atomic E-state index is 14.3. The summed E-state index contributed by atoms with van der Waals surface area (Å²) in [5, 5.41) is 3.43. The Morgan fingerprint density at radius 1 is 1.00 bits per heavy atom. The van der Waals surface area contributed by atoms with E-state index in [9.17, 15) is 17.6 Å². The minimum absolute atomic E-state index is 0.0955. The van der Waals surface area contributed by atoms with Crippen LogP contribution in [0.1, 0.15) is 0 Å². The van der Waals surface area contributed by atoms with E-state index in [4.69, 9.17) is 14.2 Å². The molecule has 0 amide bonds. The second-order valence-corrected chi connectivity index (χ2v) is 7.11. The number of benzene rings is 2. The van der Waals surface area contributed by atoms with Crippen molar-refractivity contribution >= 4 is 34.4 Å². The zero-order valence-electron chi connectivity index (χ0n) is 16.6. The van der Waals surface area contributed by atoms with Gasteiger partial charge in [0.2, 0.25) is 0 Å². The number of fused-ring (bicyclic) bond motifs is 1. The second kappa shape index (κ2) is 9.43. The first-order valence-electron chi connectivity index (χ1n) is 8.76. The number of hydrogen-bond donors (Lipinski definition) is 2. The van der Waals surface area contributed by atoms with Crippen LogP contribution in [-0.4, -0.2) is 44.0 Å². The molecule has 0 saturated heterocycles. The molecule has 0 atom stereocenters. The first-order chi connectivity index (χ1) is 14.8. The van der Waals surface area contributed by atoms with Gasteiger partial charge in [-0.25, -0.2) is 14.4 Å². The van der Waals surface area contributed by atoms with Gasteiger partial charge in [-0.3, -0.25) is 4.72 Å². The predicted molar refractivity (Wildman–Crippen MR) is 109 cm³/mol. The van der Waals surface area contributed by atoms with Crippen LogP contribution in [0.3, 0.4) is 0 Å². The van der Waals surface area contributed by atoms with Gasteiger partial charge in [0, 0.05) is 17.5 Å². The second-order valence-electron chi connectivity index (χ2n) is 6.06. The Balaban J connectivity index is 2.07. The van der Waals surface area contributed by atoms with Crippen molar-refractivity contribution in [1.82, 2.24) is 14.7 Å². The van der Waals surface area contributed by atoms with E-state index in [-0.39, 0.29) is 22.2 Å². The third-order valence-electron chi connectivity index (χ3n) is 4.03. The van der Waals surface area contributed by atoms with Crippen molar-refractivity contribution in [3.8, 4) is 17.2 Å². The molecule has 7 nitrogen and oxygen atoms in total. The van der Waals surface area contributed by atoms with Crippen LogP contribution < -0.4 is 24.2 Å². The summed E-state index contributed by atoms with van der Waals surface area (Å²) in [6, 6.07) is 5.48. The number of halogens is 4. The monoisotopic (exact) mass is 458 g/mol. The topological polar surface area (TPSA) is 77.5 Å². The number of rotatable bonds is 8. The highest BCUT2D eigenvalue weighted by molar-refractivity contribution is 7.97. The van der Waals surface area contributed by atoms with Crippen LogP contribution in [0.4, 0.5) is 29.1 Å². The van der Waals surface area contributed by atoms with Crippen molar-refractivity contribution in [2.24, 2.45) is 0 Å². The molecule has 2 N–H and O–H groups in total. The smallest absolute Gasteiger partial charge is 0.422 e. The Morgan fingerprint density at radius 2 is 1.71 bits per heavy atom. The first-order valence-corrected chi connectivity index (χ1v) is 9.57. The molecular formula is C19H18F4N4O3S. The third kappa shape index (κ3) is 5.39. The Labute approximate surface area is 179 Å². The lowest BCUT2D eigenvalue weighted by Gasteiger charge is -2.17. The van der Waals surface area contributed by atoms with E-state index in [2.05, 4.69) is 20.0 Å². The number of hydrogen-bond acceptors (Lipinski definition) is 8. The zero-order valence-corrected chi connectivity index (χ0v) is 17.4. The molecule has 1 heterocycles. The summed E-state index contributed by atoms with van der Waals surface area (Å²) in [6.45, 7) is -1.57. The maximum absolute atomic E-state index is 14.3. The molecule has 2 aromatic carbocycles. The van der Waals surface area contributed by atoms with Crippen molar-refractivity contribution < 1.29 is 31.8 Å². The fraction of sp³-hybridized carbons (Fsp3) is 0.263. The summed E-state index contributed by atoms with van der Waals surface area (Å²) < 4.78 is 70.4. The molecule has 0 unspecified atom stereocenters. The fourth-order valence-corrected chi connectivity index (χ4v) is 3.26. The lowest BCUT2D eigenvalue weighted by molar-refractivity contribution is -0.153. The molecule has 3 rings (SSSR count). The van der Waals surface area contributed by atoms with E-state index in [1.54, 1.807) is 19.2 Å². The average Bonchev–Trinajstić information content (AvgIpc) is 2.73. The van der Waals surface area contributed by atoms with Gasteiger partial charge in [0.05, 0.1) is 30.3 Å². The van der Waals surface area contributed by atoms with Crippen LogP contribution in [0.25, 0.3) is 10.9 Å². The van der Waals surface area contributed by atoms with Gasteiger partial charge >= 0.3 is 6.18 Å². The number of anilines is 2. The summed E-state index contributed by atoms with van der Waals surface area (Å²) in [4.78, 5) is 8.50. The van der Waals surface area contributed by atoms with Gasteiger partial charge in [-0.05, 0) is 31.1 Å². The number of nitrogens with zero attached hydrogens (tertiary/aromatic N) is 2. The summed E-state index contributed by atoms with van der Waals surface area (Å²) in [7, 11) is 4.53. The van der Waals surface area contributed by atoms with E-state index in [1.807, 2.05) is 0 Å². The van der Waals surface area contributed by atoms with Crippen LogP contribution >= 0.6 is 11.9 Å². The number of methoxy groups -OCH3 is 2. The molecule has 0 aliphatic rings. The molecule has 12 heteroatoms. The van der Waals surface area contributed by atoms with Crippen LogP contribution in [0.2, 0.25) is 0 Å². The van der Waals surface area contributed by atoms with Crippen molar-refractivity contribution in [3.05, 3.63) is 36.4 Å². The Bertz CT molecular complexity index is 1080. The van der Waals surface area contributed by atoms with E-state index in [1.165, 1.54) is 26.6 Å². The van der Waals surface area contributed by atoms with Gasteiger partial charge in [-0.2, -0.15) is 13.2 Å². The van der Waals surface area contributed by atoms with Crippen LogP contribution in [0.5, 0.6) is 17.2 Å². The van der Waals surface area contributed by atoms with Gasteiger partial charge in [0.25, 0.3) is 0 Å². The first kappa shape index (κ1) is 22.7. The molecule has 0 radical (unpaired) electrons. The quantitative estimate of drug-likeness (QED) is 0.372. The Morgan fingerprint density at radius 3 is 2.35 bits per heavy atom. The molecule has 1 aromatic heterocycles. The highest BCUT2D eigenvalue weighted by atomic mass is 32.2. The van der Waals surface area contributed by atoms with Gasteiger partial charge in [-0.15, -0.1) is 0 Å². The number of aromatic nitrogens is 2. The van der Waals surface area contributed by atoms with Gasteiger partial charge < -0.3 is 19.5 Å². The van der Waals surface area contributed by atoms with Gasteiger partial charge in [0.15, 0.2) is 18.1 Å². The molecule has 166 valence electrons. The van der Waals surface area contributed by atoms with Crippen LogP contribution in [0, 0.1) is 5.82 Å². The summed E-state index contributed by atoms with van der Waals surface area (Å²) in [5.41, 5.74) is 0.595. The standard InChI is InChI=1S/C19H18F4N4O3S/c1-24-31-17-7-13(14(5-11(17)20)30-8-19(21,22)23)27-18-10-4-15(28-2)16(29-3)6-12(10)25-9-26-18/h4-7,9,24H,8H2,1-3H3,(H,25,26,27).